The minimum Gasteiger partial charge on any atom is -0.508 e. The first-order valence-electron chi connectivity index (χ1n) is 8.58. The number of aromatic nitrogens is 1. The summed E-state index contributed by atoms with van der Waals surface area (Å²) < 4.78 is 16.7. The van der Waals surface area contributed by atoms with E-state index in [2.05, 4.69) is 28.7 Å². The molecular weight excluding hydrogens is 346 g/mol. The van der Waals surface area contributed by atoms with Crippen LogP contribution in [0, 0.1) is 17.3 Å². The molecule has 3 aliphatic heterocycles. The second-order valence-corrected chi connectivity index (χ2v) is 7.26. The van der Waals surface area contributed by atoms with Crippen LogP contribution in [0.25, 0.3) is 0 Å². The second kappa shape index (κ2) is 5.38. The van der Waals surface area contributed by atoms with E-state index < -0.39 is 5.54 Å². The molecule has 3 N–H and O–H groups in total. The van der Waals surface area contributed by atoms with E-state index in [-0.39, 0.29) is 23.8 Å². The smallest absolute Gasteiger partial charge is 0.283 e. The molecule has 4 heterocycles. The number of fused-ring (bicyclic) bond motifs is 4. The van der Waals surface area contributed by atoms with Gasteiger partial charge in [-0.15, -0.1) is 0 Å². The summed E-state index contributed by atoms with van der Waals surface area (Å²) in [6.45, 7) is 3.53. The molecule has 0 radical (unpaired) electrons. The van der Waals surface area contributed by atoms with Gasteiger partial charge in [0.05, 0.1) is 24.2 Å². The van der Waals surface area contributed by atoms with Gasteiger partial charge in [0.25, 0.3) is 6.02 Å². The molecule has 2 aromatic rings. The maximum absolute atomic E-state index is 9.98. The number of hydrogen-bond donors (Lipinski definition) is 2. The molecule has 0 saturated carbocycles. The quantitative estimate of drug-likeness (QED) is 0.693. The molecule has 136 valence electrons. The molecule has 27 heavy (non-hydrogen) atoms. The average Bonchev–Trinajstić information content (AvgIpc) is 3.02. The molecule has 1 unspecified atom stereocenters. The topological polar surface area (TPSA) is 99.2 Å². The Hall–Kier alpha value is -3.24. The third-order valence-electron chi connectivity index (χ3n) is 4.99. The van der Waals surface area contributed by atoms with Crippen molar-refractivity contribution in [3.05, 3.63) is 47.2 Å². The number of nitrogens with zero attached hydrogens (tertiary/aromatic N) is 2. The third-order valence-corrected chi connectivity index (χ3v) is 4.99. The largest absolute Gasteiger partial charge is 0.508 e. The molecule has 5 rings (SSSR count). The fourth-order valence-corrected chi connectivity index (χ4v) is 3.49. The number of pyridine rings is 1. The van der Waals surface area contributed by atoms with Crippen molar-refractivity contribution < 1.29 is 19.3 Å². The summed E-state index contributed by atoms with van der Waals surface area (Å²) in [4.78, 5) is 9.00. The van der Waals surface area contributed by atoms with Crippen molar-refractivity contribution in [2.75, 3.05) is 19.8 Å². The summed E-state index contributed by atoms with van der Waals surface area (Å²) in [5.74, 6) is 7.53. The lowest BCUT2D eigenvalue weighted by Crippen LogP contribution is -2.38. The van der Waals surface area contributed by atoms with Crippen LogP contribution in [0.5, 0.6) is 17.4 Å². The predicted molar refractivity (Wildman–Crippen MR) is 96.6 cm³/mol. The van der Waals surface area contributed by atoms with Gasteiger partial charge >= 0.3 is 0 Å². The van der Waals surface area contributed by atoms with Crippen molar-refractivity contribution in [3.63, 3.8) is 0 Å². The molecule has 1 spiro atoms. The maximum Gasteiger partial charge on any atom is 0.283 e. The highest BCUT2D eigenvalue weighted by molar-refractivity contribution is 5.76. The van der Waals surface area contributed by atoms with E-state index >= 15 is 0 Å². The molecule has 0 aliphatic carbocycles. The first-order chi connectivity index (χ1) is 13.0. The molecule has 3 aliphatic rings. The summed E-state index contributed by atoms with van der Waals surface area (Å²) >= 11 is 0. The van der Waals surface area contributed by atoms with E-state index in [4.69, 9.17) is 19.9 Å². The zero-order valence-corrected chi connectivity index (χ0v) is 14.7. The molecule has 7 nitrogen and oxygen atoms in total. The Morgan fingerprint density at radius 2 is 2.04 bits per heavy atom. The van der Waals surface area contributed by atoms with Crippen molar-refractivity contribution >= 4 is 6.02 Å². The number of nitrogens with two attached hydrogens (primary N) is 1. The van der Waals surface area contributed by atoms with E-state index in [0.717, 1.165) is 5.56 Å². The lowest BCUT2D eigenvalue weighted by molar-refractivity contribution is -0.0648. The molecule has 1 saturated heterocycles. The van der Waals surface area contributed by atoms with Gasteiger partial charge in [0, 0.05) is 17.3 Å². The van der Waals surface area contributed by atoms with Crippen molar-refractivity contribution in [2.24, 2.45) is 16.1 Å². The van der Waals surface area contributed by atoms with Crippen LogP contribution >= 0.6 is 0 Å². The van der Waals surface area contributed by atoms with Crippen LogP contribution in [0.4, 0.5) is 0 Å². The van der Waals surface area contributed by atoms with Gasteiger partial charge in [-0.1, -0.05) is 11.8 Å². The zero-order valence-electron chi connectivity index (χ0n) is 14.7. The fourth-order valence-electron chi connectivity index (χ4n) is 3.49. The lowest BCUT2D eigenvalue weighted by Gasteiger charge is -2.33. The Bertz CT molecular complexity index is 1050. The summed E-state index contributed by atoms with van der Waals surface area (Å²) in [5, 5.41) is 9.98. The van der Waals surface area contributed by atoms with Gasteiger partial charge in [-0.05, 0) is 31.2 Å². The van der Waals surface area contributed by atoms with Crippen molar-refractivity contribution in [1.82, 2.24) is 4.98 Å². The molecule has 1 aromatic heterocycles. The Kier molecular flexibility index (Phi) is 3.18. The average molecular weight is 363 g/mol. The molecule has 1 aromatic carbocycles. The number of phenolic OH excluding ortho intramolecular Hbond substituents is 1. The van der Waals surface area contributed by atoms with Gasteiger partial charge in [0.1, 0.15) is 18.1 Å². The Labute approximate surface area is 155 Å². The SMILES string of the molecule is CC1(C#Cc2cnc3c(c2)C2(COC(N)=N2)c2cc(O)ccc2O3)COC1. The summed E-state index contributed by atoms with van der Waals surface area (Å²) in [6.07, 6.45) is 1.68. The minimum absolute atomic E-state index is 0.0905. The third kappa shape index (κ3) is 2.41. The maximum atomic E-state index is 9.98. The van der Waals surface area contributed by atoms with Gasteiger partial charge in [-0.2, -0.15) is 0 Å². The Morgan fingerprint density at radius 1 is 1.19 bits per heavy atom. The highest BCUT2D eigenvalue weighted by Crippen LogP contribution is 2.50. The number of benzene rings is 1. The van der Waals surface area contributed by atoms with Gasteiger partial charge < -0.3 is 25.1 Å². The van der Waals surface area contributed by atoms with E-state index in [1.165, 1.54) is 0 Å². The van der Waals surface area contributed by atoms with Crippen LogP contribution in [0.1, 0.15) is 23.6 Å². The monoisotopic (exact) mass is 363 g/mol. The van der Waals surface area contributed by atoms with Crippen LogP contribution in [-0.4, -0.2) is 35.9 Å². The van der Waals surface area contributed by atoms with Gasteiger partial charge in [0.15, 0.2) is 5.54 Å². The number of phenols is 1. The van der Waals surface area contributed by atoms with Crippen LogP contribution in [0.15, 0.2) is 35.5 Å². The Morgan fingerprint density at radius 3 is 2.74 bits per heavy atom. The highest BCUT2D eigenvalue weighted by atomic mass is 16.5. The van der Waals surface area contributed by atoms with Crippen molar-refractivity contribution in [3.8, 4) is 29.2 Å². The molecule has 0 amide bonds. The number of amidine groups is 1. The van der Waals surface area contributed by atoms with E-state index in [9.17, 15) is 5.11 Å². The molecular formula is C20H17N3O4. The number of ether oxygens (including phenoxy) is 3. The number of aliphatic imine (C=N–C) groups is 1. The van der Waals surface area contributed by atoms with E-state index in [0.29, 0.717) is 36.0 Å². The predicted octanol–water partition coefficient (Wildman–Crippen LogP) is 1.87. The van der Waals surface area contributed by atoms with Crippen molar-refractivity contribution in [1.29, 1.82) is 0 Å². The molecule has 0 bridgehead atoms. The van der Waals surface area contributed by atoms with Crippen LogP contribution in [0.3, 0.4) is 0 Å². The van der Waals surface area contributed by atoms with Gasteiger partial charge in [0.2, 0.25) is 5.88 Å². The fraction of sp³-hybridized carbons (Fsp3) is 0.300. The Balaban J connectivity index is 1.66. The zero-order chi connectivity index (χ0) is 18.6. The van der Waals surface area contributed by atoms with Crippen LogP contribution in [-0.2, 0) is 15.0 Å². The summed E-state index contributed by atoms with van der Waals surface area (Å²) in [5.41, 5.74) is 6.93. The second-order valence-electron chi connectivity index (χ2n) is 7.26. The van der Waals surface area contributed by atoms with Crippen molar-refractivity contribution in [2.45, 2.75) is 12.5 Å². The molecule has 1 atom stereocenters. The number of rotatable bonds is 0. The van der Waals surface area contributed by atoms with Crippen LogP contribution < -0.4 is 10.5 Å². The van der Waals surface area contributed by atoms with Crippen LogP contribution in [0.2, 0.25) is 0 Å². The number of aromatic hydroxyl groups is 1. The number of hydrogen-bond acceptors (Lipinski definition) is 7. The summed E-state index contributed by atoms with van der Waals surface area (Å²) in [6, 6.07) is 6.85. The van der Waals surface area contributed by atoms with E-state index in [1.807, 2.05) is 6.07 Å². The molecule has 7 heteroatoms. The van der Waals surface area contributed by atoms with E-state index in [1.54, 1.807) is 24.4 Å². The first kappa shape index (κ1) is 16.0. The first-order valence-corrected chi connectivity index (χ1v) is 8.58. The normalized spacial score (nSPS) is 23.7. The molecule has 1 fully saturated rings. The lowest BCUT2D eigenvalue weighted by atomic mass is 9.82. The minimum atomic E-state index is -0.917. The summed E-state index contributed by atoms with van der Waals surface area (Å²) in [7, 11) is 0. The van der Waals surface area contributed by atoms with Gasteiger partial charge in [-0.25, -0.2) is 9.98 Å². The highest BCUT2D eigenvalue weighted by Gasteiger charge is 2.47. The van der Waals surface area contributed by atoms with Gasteiger partial charge in [-0.3, -0.25) is 0 Å². The standard InChI is InChI=1S/C20H17N3O4/c1-19(9-25-10-19)5-4-12-6-15-17(22-8-12)27-16-3-2-13(24)7-14(16)20(15)11-26-18(21)23-20/h2-3,6-8,24H,9-11H2,1H3,(H2,21,23).